The van der Waals surface area contributed by atoms with Crippen molar-refractivity contribution in [3.05, 3.63) is 47.9 Å². The molecule has 3 rings (SSSR count). The fraction of sp³-hybridized carbons (Fsp3) is 0.176. The van der Waals surface area contributed by atoms with Crippen LogP contribution in [0, 0.1) is 6.92 Å². The van der Waals surface area contributed by atoms with Gasteiger partial charge in [0.25, 0.3) is 0 Å². The second kappa shape index (κ2) is 7.87. The van der Waals surface area contributed by atoms with Gasteiger partial charge in [-0.25, -0.2) is 0 Å². The monoisotopic (exact) mass is 372 g/mol. The van der Waals surface area contributed by atoms with Crippen LogP contribution in [-0.4, -0.2) is 45.0 Å². The minimum absolute atomic E-state index is 0.138. The van der Waals surface area contributed by atoms with Gasteiger partial charge in [-0.15, -0.1) is 10.2 Å². The van der Waals surface area contributed by atoms with Crippen LogP contribution in [0.25, 0.3) is 11.4 Å². The predicted octanol–water partition coefficient (Wildman–Crippen LogP) is 2.91. The molecule has 0 fully saturated rings. The molecular formula is C17H16N4O4S. The van der Waals surface area contributed by atoms with Crippen LogP contribution < -0.4 is 4.74 Å². The Labute approximate surface area is 153 Å². The fourth-order valence-corrected chi connectivity index (χ4v) is 2.79. The minimum Gasteiger partial charge on any atom is -0.497 e. The highest BCUT2D eigenvalue weighted by molar-refractivity contribution is 7.99. The topological polar surface area (TPSA) is 103 Å². The number of furan rings is 1. The SMILES string of the molecule is COc1ccc(/C=N\n2c(SCC(=O)O)nnc2-c2ccoc2C)cc1. The van der Waals surface area contributed by atoms with Crippen molar-refractivity contribution in [2.45, 2.75) is 12.1 Å². The van der Waals surface area contributed by atoms with E-state index in [2.05, 4.69) is 15.3 Å². The number of methoxy groups -OCH3 is 1. The summed E-state index contributed by atoms with van der Waals surface area (Å²) >= 11 is 1.05. The van der Waals surface area contributed by atoms with E-state index in [1.807, 2.05) is 31.2 Å². The van der Waals surface area contributed by atoms with Crippen molar-refractivity contribution in [1.29, 1.82) is 0 Å². The molecule has 2 aromatic heterocycles. The van der Waals surface area contributed by atoms with E-state index in [9.17, 15) is 4.79 Å². The van der Waals surface area contributed by atoms with Crippen LogP contribution in [0.2, 0.25) is 0 Å². The molecule has 0 saturated heterocycles. The lowest BCUT2D eigenvalue weighted by atomic mass is 10.2. The summed E-state index contributed by atoms with van der Waals surface area (Å²) in [4.78, 5) is 10.9. The molecule has 0 radical (unpaired) electrons. The number of aliphatic carboxylic acids is 1. The molecule has 1 N–H and O–H groups in total. The molecule has 0 unspecified atom stereocenters. The van der Waals surface area contributed by atoms with E-state index >= 15 is 0 Å². The first-order valence-electron chi connectivity index (χ1n) is 7.61. The number of carboxylic acids is 1. The normalized spacial score (nSPS) is 11.2. The van der Waals surface area contributed by atoms with Gasteiger partial charge in [0, 0.05) is 0 Å². The first-order valence-corrected chi connectivity index (χ1v) is 8.60. The number of nitrogens with zero attached hydrogens (tertiary/aromatic N) is 4. The van der Waals surface area contributed by atoms with Crippen LogP contribution in [0.1, 0.15) is 11.3 Å². The molecule has 0 bridgehead atoms. The zero-order chi connectivity index (χ0) is 18.5. The molecule has 0 aliphatic rings. The Kier molecular flexibility index (Phi) is 5.37. The van der Waals surface area contributed by atoms with Crippen LogP contribution in [0.3, 0.4) is 0 Å². The van der Waals surface area contributed by atoms with Crippen LogP contribution in [0.5, 0.6) is 5.75 Å². The van der Waals surface area contributed by atoms with Gasteiger partial charge in [-0.05, 0) is 42.8 Å². The third-order valence-corrected chi connectivity index (χ3v) is 4.38. The van der Waals surface area contributed by atoms with Crippen LogP contribution >= 0.6 is 11.8 Å². The number of carbonyl (C=O) groups is 1. The predicted molar refractivity (Wildman–Crippen MR) is 96.8 cm³/mol. The van der Waals surface area contributed by atoms with Gasteiger partial charge in [-0.3, -0.25) is 4.79 Å². The Bertz CT molecular complexity index is 931. The second-order valence-corrected chi connectivity index (χ2v) is 6.15. The Balaban J connectivity index is 1.95. The average Bonchev–Trinajstić information content (AvgIpc) is 3.24. The summed E-state index contributed by atoms with van der Waals surface area (Å²) in [5.41, 5.74) is 1.59. The molecule has 0 saturated carbocycles. The van der Waals surface area contributed by atoms with Gasteiger partial charge in [0.15, 0.2) is 5.82 Å². The van der Waals surface area contributed by atoms with Crippen molar-refractivity contribution in [1.82, 2.24) is 14.9 Å². The first-order chi connectivity index (χ1) is 12.6. The standard InChI is InChI=1S/C17H16N4O4S/c1-11-14(7-8-25-11)16-19-20-17(26-10-15(22)23)21(16)18-9-12-3-5-13(24-2)6-4-12/h3-9H,10H2,1-2H3,(H,22,23)/b18-9-. The van der Waals surface area contributed by atoms with Crippen LogP contribution in [0.15, 0.2) is 51.3 Å². The van der Waals surface area contributed by atoms with E-state index in [0.717, 1.165) is 28.6 Å². The molecule has 0 amide bonds. The van der Waals surface area contributed by atoms with Crippen LogP contribution in [-0.2, 0) is 4.79 Å². The van der Waals surface area contributed by atoms with Gasteiger partial charge < -0.3 is 14.3 Å². The smallest absolute Gasteiger partial charge is 0.313 e. The molecule has 134 valence electrons. The summed E-state index contributed by atoms with van der Waals surface area (Å²) < 4.78 is 12.0. The largest absolute Gasteiger partial charge is 0.497 e. The molecule has 0 spiro atoms. The zero-order valence-electron chi connectivity index (χ0n) is 14.1. The number of benzene rings is 1. The zero-order valence-corrected chi connectivity index (χ0v) is 14.9. The third kappa shape index (κ3) is 3.94. The number of hydrogen-bond acceptors (Lipinski definition) is 7. The van der Waals surface area contributed by atoms with E-state index in [4.69, 9.17) is 14.3 Å². The Morgan fingerprint density at radius 1 is 1.35 bits per heavy atom. The highest BCUT2D eigenvalue weighted by Crippen LogP contribution is 2.27. The summed E-state index contributed by atoms with van der Waals surface area (Å²) in [6, 6.07) is 9.15. The van der Waals surface area contributed by atoms with E-state index in [-0.39, 0.29) is 5.75 Å². The molecule has 0 aliphatic carbocycles. The van der Waals surface area contributed by atoms with Crippen molar-refractivity contribution < 1.29 is 19.1 Å². The Hall–Kier alpha value is -3.07. The van der Waals surface area contributed by atoms with Crippen molar-refractivity contribution in [2.24, 2.45) is 5.10 Å². The molecule has 9 heteroatoms. The maximum Gasteiger partial charge on any atom is 0.313 e. The number of thioether (sulfide) groups is 1. The highest BCUT2D eigenvalue weighted by Gasteiger charge is 2.18. The summed E-state index contributed by atoms with van der Waals surface area (Å²) in [7, 11) is 1.60. The van der Waals surface area contributed by atoms with Gasteiger partial charge in [-0.2, -0.15) is 9.78 Å². The molecule has 3 aromatic rings. The highest BCUT2D eigenvalue weighted by atomic mass is 32.2. The number of rotatable bonds is 7. The van der Waals surface area contributed by atoms with Gasteiger partial charge >= 0.3 is 5.97 Å². The van der Waals surface area contributed by atoms with E-state index in [0.29, 0.717) is 16.7 Å². The van der Waals surface area contributed by atoms with E-state index in [1.54, 1.807) is 25.7 Å². The van der Waals surface area contributed by atoms with Crippen LogP contribution in [0.4, 0.5) is 0 Å². The summed E-state index contributed by atoms with van der Waals surface area (Å²) in [6.07, 6.45) is 3.20. The van der Waals surface area contributed by atoms with Crippen molar-refractivity contribution in [2.75, 3.05) is 12.9 Å². The maximum absolute atomic E-state index is 10.9. The van der Waals surface area contributed by atoms with Gasteiger partial charge in [-0.1, -0.05) is 11.8 Å². The summed E-state index contributed by atoms with van der Waals surface area (Å²) in [5.74, 6) is 0.825. The minimum atomic E-state index is -0.940. The first kappa shape index (κ1) is 17.7. The molecular weight excluding hydrogens is 356 g/mol. The molecule has 8 nitrogen and oxygen atoms in total. The summed E-state index contributed by atoms with van der Waals surface area (Å²) in [5, 5.41) is 21.9. The molecule has 0 atom stereocenters. The van der Waals surface area contributed by atoms with Crippen molar-refractivity contribution in [3.63, 3.8) is 0 Å². The third-order valence-electron chi connectivity index (χ3n) is 3.47. The van der Waals surface area contributed by atoms with Crippen molar-refractivity contribution in [3.8, 4) is 17.1 Å². The second-order valence-electron chi connectivity index (χ2n) is 5.21. The van der Waals surface area contributed by atoms with Gasteiger partial charge in [0.1, 0.15) is 11.5 Å². The van der Waals surface area contributed by atoms with E-state index in [1.165, 1.54) is 4.68 Å². The fourth-order valence-electron chi connectivity index (χ4n) is 2.19. The van der Waals surface area contributed by atoms with Gasteiger partial charge in [0.2, 0.25) is 5.16 Å². The lowest BCUT2D eigenvalue weighted by Gasteiger charge is -2.03. The lowest BCUT2D eigenvalue weighted by Crippen LogP contribution is -2.01. The molecule has 1 aromatic carbocycles. The number of aryl methyl sites for hydroxylation is 1. The summed E-state index contributed by atoms with van der Waals surface area (Å²) in [6.45, 7) is 1.81. The Morgan fingerprint density at radius 3 is 2.73 bits per heavy atom. The van der Waals surface area contributed by atoms with Gasteiger partial charge in [0.05, 0.1) is 30.9 Å². The average molecular weight is 372 g/mol. The maximum atomic E-state index is 10.9. The van der Waals surface area contributed by atoms with E-state index < -0.39 is 5.97 Å². The number of carboxylic acid groups (broad SMARTS) is 1. The number of ether oxygens (including phenoxy) is 1. The molecule has 0 aliphatic heterocycles. The number of aromatic nitrogens is 3. The molecule has 26 heavy (non-hydrogen) atoms. The quantitative estimate of drug-likeness (QED) is 0.502. The lowest BCUT2D eigenvalue weighted by molar-refractivity contribution is -0.133. The number of hydrogen-bond donors (Lipinski definition) is 1. The molecule has 2 heterocycles. The Morgan fingerprint density at radius 2 is 2.12 bits per heavy atom. The van der Waals surface area contributed by atoms with Crippen molar-refractivity contribution >= 4 is 23.9 Å².